The summed E-state index contributed by atoms with van der Waals surface area (Å²) in [6, 6.07) is -0.232. The third kappa shape index (κ3) is 5.14. The summed E-state index contributed by atoms with van der Waals surface area (Å²) in [4.78, 5) is 24.7. The van der Waals surface area contributed by atoms with Gasteiger partial charge in [0, 0.05) is 46.3 Å². The largest absolute Gasteiger partial charge is 0.381 e. The van der Waals surface area contributed by atoms with E-state index < -0.39 is 6.03 Å². The number of hydrogen-bond donors (Lipinski definition) is 3. The zero-order chi connectivity index (χ0) is 14.3. The number of methoxy groups -OCH3 is 1. The topological polar surface area (TPSA) is 96.7 Å². The quantitative estimate of drug-likeness (QED) is 0.613. The molecule has 3 amide bonds. The van der Waals surface area contributed by atoms with Gasteiger partial charge in [-0.25, -0.2) is 4.79 Å². The molecule has 0 saturated carbocycles. The van der Waals surface area contributed by atoms with E-state index in [9.17, 15) is 9.59 Å². The maximum absolute atomic E-state index is 11.5. The van der Waals surface area contributed by atoms with Gasteiger partial charge in [0.15, 0.2) is 0 Å². The van der Waals surface area contributed by atoms with Crippen LogP contribution < -0.4 is 16.4 Å². The molecule has 0 aliphatic carbocycles. The van der Waals surface area contributed by atoms with Crippen molar-refractivity contribution in [2.45, 2.75) is 31.4 Å². The number of nitrogens with zero attached hydrogens (tertiary/aromatic N) is 1. The Labute approximate surface area is 113 Å². The van der Waals surface area contributed by atoms with Crippen LogP contribution in [0.1, 0.15) is 19.3 Å². The Hall–Kier alpha value is -1.18. The molecule has 0 bridgehead atoms. The van der Waals surface area contributed by atoms with Crippen LogP contribution in [0.4, 0.5) is 4.79 Å². The van der Waals surface area contributed by atoms with Gasteiger partial charge in [0.2, 0.25) is 5.91 Å². The van der Waals surface area contributed by atoms with Crippen molar-refractivity contribution >= 4 is 11.9 Å². The molecule has 0 radical (unpaired) electrons. The maximum Gasteiger partial charge on any atom is 0.321 e. The van der Waals surface area contributed by atoms with Crippen molar-refractivity contribution in [1.82, 2.24) is 15.5 Å². The lowest BCUT2D eigenvalue weighted by Crippen LogP contribution is -2.49. The Morgan fingerprint density at radius 3 is 2.79 bits per heavy atom. The number of nitrogens with one attached hydrogen (secondary N) is 2. The van der Waals surface area contributed by atoms with E-state index in [0.29, 0.717) is 19.5 Å². The fraction of sp³-hybridized carbons (Fsp3) is 0.833. The molecule has 1 saturated heterocycles. The van der Waals surface area contributed by atoms with Gasteiger partial charge in [0.1, 0.15) is 0 Å². The zero-order valence-corrected chi connectivity index (χ0v) is 11.6. The Bertz CT molecular complexity index is 311. The summed E-state index contributed by atoms with van der Waals surface area (Å²) in [7, 11) is 3.19. The van der Waals surface area contributed by atoms with Crippen molar-refractivity contribution in [2.24, 2.45) is 5.73 Å². The van der Waals surface area contributed by atoms with E-state index in [1.54, 1.807) is 7.11 Å². The van der Waals surface area contributed by atoms with Crippen molar-refractivity contribution in [3.05, 3.63) is 0 Å². The smallest absolute Gasteiger partial charge is 0.321 e. The number of imide groups is 1. The highest BCUT2D eigenvalue weighted by Crippen LogP contribution is 2.19. The summed E-state index contributed by atoms with van der Waals surface area (Å²) < 4.78 is 5.35. The second kappa shape index (κ2) is 8.08. The van der Waals surface area contributed by atoms with Crippen LogP contribution in [0.5, 0.6) is 0 Å². The number of likely N-dealkylation sites (tertiary alicyclic amines) is 1. The normalized spacial score (nSPS) is 23.9. The molecule has 110 valence electrons. The molecule has 0 aromatic rings. The first-order chi connectivity index (χ1) is 9.10. The summed E-state index contributed by atoms with van der Waals surface area (Å²) in [5.74, 6) is -0.274. The molecule has 1 aliphatic heterocycles. The van der Waals surface area contributed by atoms with Crippen LogP contribution in [0, 0.1) is 0 Å². The second-order valence-corrected chi connectivity index (χ2v) is 4.68. The molecular weight excluding hydrogens is 248 g/mol. The highest BCUT2D eigenvalue weighted by atomic mass is 16.5. The number of ether oxygens (including phenoxy) is 1. The molecule has 1 heterocycles. The minimum absolute atomic E-state index is 0.242. The van der Waals surface area contributed by atoms with Gasteiger partial charge in [0.05, 0.1) is 6.10 Å². The Balaban J connectivity index is 2.35. The SMILES string of the molecule is CNC(=O)NC(=O)CCN1CCC(OC)CC1CN. The minimum atomic E-state index is -0.474. The first-order valence-electron chi connectivity index (χ1n) is 6.59. The predicted molar refractivity (Wildman–Crippen MR) is 71.7 cm³/mol. The third-order valence-corrected chi connectivity index (χ3v) is 3.50. The lowest BCUT2D eigenvalue weighted by molar-refractivity contribution is -0.120. The molecule has 7 heteroatoms. The van der Waals surface area contributed by atoms with Crippen LogP contribution in [0.3, 0.4) is 0 Å². The van der Waals surface area contributed by atoms with Crippen molar-refractivity contribution in [3.63, 3.8) is 0 Å². The van der Waals surface area contributed by atoms with E-state index in [4.69, 9.17) is 10.5 Å². The molecule has 4 N–H and O–H groups in total. The van der Waals surface area contributed by atoms with Crippen LogP contribution in [0.15, 0.2) is 0 Å². The molecular formula is C12H24N4O3. The molecule has 1 rings (SSSR count). The predicted octanol–water partition coefficient (Wildman–Crippen LogP) is -0.730. The molecule has 1 aliphatic rings. The Morgan fingerprint density at radius 1 is 1.47 bits per heavy atom. The number of hydrogen-bond acceptors (Lipinski definition) is 5. The standard InChI is InChI=1S/C12H24N4O3/c1-14-12(18)15-11(17)4-6-16-5-3-10(19-2)7-9(16)8-13/h9-10H,3-8,13H2,1-2H3,(H2,14,15,17,18). The summed E-state index contributed by atoms with van der Waals surface area (Å²) >= 11 is 0. The Morgan fingerprint density at radius 2 is 2.21 bits per heavy atom. The maximum atomic E-state index is 11.5. The average Bonchev–Trinajstić information content (AvgIpc) is 2.44. The average molecular weight is 272 g/mol. The van der Waals surface area contributed by atoms with E-state index in [0.717, 1.165) is 19.4 Å². The molecule has 2 atom stereocenters. The zero-order valence-electron chi connectivity index (χ0n) is 11.6. The monoisotopic (exact) mass is 272 g/mol. The third-order valence-electron chi connectivity index (χ3n) is 3.50. The van der Waals surface area contributed by atoms with Crippen molar-refractivity contribution in [3.8, 4) is 0 Å². The van der Waals surface area contributed by atoms with Crippen LogP contribution in [0.25, 0.3) is 0 Å². The molecule has 2 unspecified atom stereocenters. The second-order valence-electron chi connectivity index (χ2n) is 4.68. The fourth-order valence-corrected chi connectivity index (χ4v) is 2.31. The van der Waals surface area contributed by atoms with Gasteiger partial charge >= 0.3 is 6.03 Å². The summed E-state index contributed by atoms with van der Waals surface area (Å²) in [6.07, 6.45) is 2.39. The van der Waals surface area contributed by atoms with Crippen LogP contribution in [0.2, 0.25) is 0 Å². The van der Waals surface area contributed by atoms with E-state index in [-0.39, 0.29) is 18.1 Å². The van der Waals surface area contributed by atoms with Gasteiger partial charge in [-0.3, -0.25) is 15.0 Å². The van der Waals surface area contributed by atoms with Gasteiger partial charge < -0.3 is 15.8 Å². The lowest BCUT2D eigenvalue weighted by atomic mass is 9.99. The Kier molecular flexibility index (Phi) is 6.75. The van der Waals surface area contributed by atoms with Gasteiger partial charge in [-0.1, -0.05) is 0 Å². The molecule has 0 aromatic carbocycles. The van der Waals surface area contributed by atoms with Crippen molar-refractivity contribution < 1.29 is 14.3 Å². The van der Waals surface area contributed by atoms with Crippen molar-refractivity contribution in [2.75, 3.05) is 33.8 Å². The van der Waals surface area contributed by atoms with Gasteiger partial charge in [0.25, 0.3) is 0 Å². The number of urea groups is 1. The molecule has 7 nitrogen and oxygen atoms in total. The number of piperidine rings is 1. The number of carbonyl (C=O) groups excluding carboxylic acids is 2. The van der Waals surface area contributed by atoms with Gasteiger partial charge in [-0.15, -0.1) is 0 Å². The van der Waals surface area contributed by atoms with E-state index >= 15 is 0 Å². The van der Waals surface area contributed by atoms with E-state index in [2.05, 4.69) is 15.5 Å². The van der Waals surface area contributed by atoms with E-state index in [1.807, 2.05) is 0 Å². The summed E-state index contributed by atoms with van der Waals surface area (Å²) in [6.45, 7) is 2.03. The van der Waals surface area contributed by atoms with Gasteiger partial charge in [-0.05, 0) is 12.8 Å². The minimum Gasteiger partial charge on any atom is -0.381 e. The summed E-state index contributed by atoms with van der Waals surface area (Å²) in [5, 5.41) is 4.60. The lowest BCUT2D eigenvalue weighted by Gasteiger charge is -2.38. The van der Waals surface area contributed by atoms with Gasteiger partial charge in [-0.2, -0.15) is 0 Å². The summed E-state index contributed by atoms with van der Waals surface area (Å²) in [5.41, 5.74) is 5.76. The molecule has 1 fully saturated rings. The van der Waals surface area contributed by atoms with E-state index in [1.165, 1.54) is 7.05 Å². The van der Waals surface area contributed by atoms with Crippen LogP contribution in [-0.4, -0.2) is 62.8 Å². The first-order valence-corrected chi connectivity index (χ1v) is 6.59. The number of nitrogens with two attached hydrogens (primary N) is 1. The van der Waals surface area contributed by atoms with Crippen LogP contribution >= 0.6 is 0 Å². The number of rotatable bonds is 5. The number of amides is 3. The molecule has 19 heavy (non-hydrogen) atoms. The highest BCUT2D eigenvalue weighted by Gasteiger charge is 2.27. The first kappa shape index (κ1) is 15.9. The molecule has 0 spiro atoms. The van der Waals surface area contributed by atoms with Crippen LogP contribution in [-0.2, 0) is 9.53 Å². The van der Waals surface area contributed by atoms with Crippen molar-refractivity contribution in [1.29, 1.82) is 0 Å². The molecule has 0 aromatic heterocycles. The fourth-order valence-electron chi connectivity index (χ4n) is 2.31. The highest BCUT2D eigenvalue weighted by molar-refractivity contribution is 5.94. The number of carbonyl (C=O) groups is 2.